The number of nitrogens with one attached hydrogen (secondary N) is 1. The van der Waals surface area contributed by atoms with Crippen molar-refractivity contribution in [3.05, 3.63) is 89.7 Å². The van der Waals surface area contributed by atoms with Gasteiger partial charge in [0.2, 0.25) is 0 Å². The Morgan fingerprint density at radius 3 is 2.33 bits per heavy atom. The monoisotopic (exact) mass is 490 g/mol. The zero-order chi connectivity index (χ0) is 25.5. The van der Waals surface area contributed by atoms with Crippen LogP contribution in [0.3, 0.4) is 0 Å². The van der Waals surface area contributed by atoms with Gasteiger partial charge in [0, 0.05) is 58.2 Å². The molecule has 0 saturated carbocycles. The summed E-state index contributed by atoms with van der Waals surface area (Å²) >= 11 is 0. The van der Waals surface area contributed by atoms with Crippen LogP contribution in [-0.2, 0) is 4.79 Å². The fraction of sp³-hybridized carbons (Fsp3) is 0.345. The van der Waals surface area contributed by atoms with Crippen LogP contribution in [0.15, 0.2) is 72.8 Å². The van der Waals surface area contributed by atoms with Crippen molar-refractivity contribution in [2.24, 2.45) is 0 Å². The summed E-state index contributed by atoms with van der Waals surface area (Å²) in [5.41, 5.74) is 4.42. The number of nitrogens with zero attached hydrogens (tertiary/aromatic N) is 3. The molecule has 4 rings (SSSR count). The standard InChI is InChI=1S/C29H35FN4O2/c1-22-5-4-6-27(19-22)36-21-29(35)31-20-28(23-7-11-25(12-8-23)32(2)3)34-17-15-33(16-18-34)26-13-9-24(30)10-14-26/h4-14,19,28H,15-18,20-21H2,1-3H3,(H,31,35)/t28-/m0/s1. The highest BCUT2D eigenvalue weighted by molar-refractivity contribution is 5.77. The second kappa shape index (κ2) is 11.9. The van der Waals surface area contributed by atoms with Gasteiger partial charge < -0.3 is 19.9 Å². The molecule has 0 unspecified atom stereocenters. The summed E-state index contributed by atoms with van der Waals surface area (Å²) in [6.45, 7) is 5.82. The first-order valence-corrected chi connectivity index (χ1v) is 12.4. The van der Waals surface area contributed by atoms with Gasteiger partial charge in [-0.1, -0.05) is 24.3 Å². The first-order valence-electron chi connectivity index (χ1n) is 12.4. The van der Waals surface area contributed by atoms with E-state index in [-0.39, 0.29) is 24.4 Å². The fourth-order valence-corrected chi connectivity index (χ4v) is 4.51. The van der Waals surface area contributed by atoms with Crippen molar-refractivity contribution in [1.29, 1.82) is 0 Å². The van der Waals surface area contributed by atoms with Crippen molar-refractivity contribution in [2.75, 3.05) is 63.2 Å². The number of carbonyl (C=O) groups excluding carboxylic acids is 1. The summed E-state index contributed by atoms with van der Waals surface area (Å²) in [5.74, 6) is 0.329. The zero-order valence-electron chi connectivity index (χ0n) is 21.3. The van der Waals surface area contributed by atoms with Gasteiger partial charge in [-0.2, -0.15) is 0 Å². The Morgan fingerprint density at radius 1 is 1.00 bits per heavy atom. The topological polar surface area (TPSA) is 48.1 Å². The van der Waals surface area contributed by atoms with Gasteiger partial charge in [-0.3, -0.25) is 9.69 Å². The van der Waals surface area contributed by atoms with Crippen LogP contribution in [-0.4, -0.2) is 64.2 Å². The SMILES string of the molecule is Cc1cccc(OCC(=O)NC[C@@H](c2ccc(N(C)C)cc2)N2CCN(c3ccc(F)cc3)CC2)c1. The lowest BCUT2D eigenvalue weighted by Crippen LogP contribution is -2.50. The van der Waals surface area contributed by atoms with Crippen LogP contribution in [0, 0.1) is 12.7 Å². The van der Waals surface area contributed by atoms with Crippen LogP contribution in [0.5, 0.6) is 5.75 Å². The average Bonchev–Trinajstić information content (AvgIpc) is 2.89. The molecule has 7 heteroatoms. The number of carbonyl (C=O) groups is 1. The van der Waals surface area contributed by atoms with Crippen LogP contribution in [0.25, 0.3) is 0 Å². The number of halogens is 1. The molecule has 190 valence electrons. The Morgan fingerprint density at radius 2 is 1.69 bits per heavy atom. The fourth-order valence-electron chi connectivity index (χ4n) is 4.51. The van der Waals surface area contributed by atoms with Gasteiger partial charge in [0.15, 0.2) is 6.61 Å². The number of aryl methyl sites for hydroxylation is 1. The van der Waals surface area contributed by atoms with Gasteiger partial charge in [-0.15, -0.1) is 0 Å². The Balaban J connectivity index is 1.40. The molecule has 1 aliphatic heterocycles. The molecule has 0 aliphatic carbocycles. The first-order chi connectivity index (χ1) is 17.4. The molecule has 3 aromatic carbocycles. The molecule has 36 heavy (non-hydrogen) atoms. The number of amides is 1. The average molecular weight is 491 g/mol. The largest absolute Gasteiger partial charge is 0.484 e. The van der Waals surface area contributed by atoms with E-state index in [2.05, 4.69) is 44.3 Å². The highest BCUT2D eigenvalue weighted by atomic mass is 19.1. The second-order valence-corrected chi connectivity index (χ2v) is 9.41. The lowest BCUT2D eigenvalue weighted by molar-refractivity contribution is -0.123. The van der Waals surface area contributed by atoms with E-state index in [9.17, 15) is 9.18 Å². The molecule has 1 N–H and O–H groups in total. The van der Waals surface area contributed by atoms with Crippen LogP contribution in [0.2, 0.25) is 0 Å². The Kier molecular flexibility index (Phi) is 8.44. The number of ether oxygens (including phenoxy) is 1. The summed E-state index contributed by atoms with van der Waals surface area (Å²) in [5, 5.41) is 3.08. The molecule has 1 saturated heterocycles. The second-order valence-electron chi connectivity index (χ2n) is 9.41. The first kappa shape index (κ1) is 25.5. The minimum absolute atomic E-state index is 0.0198. The minimum atomic E-state index is -0.222. The molecule has 3 aromatic rings. The van der Waals surface area contributed by atoms with E-state index in [0.717, 1.165) is 48.7 Å². The van der Waals surface area contributed by atoms with Crippen molar-refractivity contribution in [3.63, 3.8) is 0 Å². The maximum Gasteiger partial charge on any atom is 0.258 e. The van der Waals surface area contributed by atoms with Gasteiger partial charge in [0.25, 0.3) is 5.91 Å². The van der Waals surface area contributed by atoms with E-state index in [1.807, 2.05) is 57.4 Å². The molecular weight excluding hydrogens is 455 g/mol. The minimum Gasteiger partial charge on any atom is -0.484 e. The molecule has 0 radical (unpaired) electrons. The van der Waals surface area contributed by atoms with Crippen LogP contribution in [0.1, 0.15) is 17.2 Å². The highest BCUT2D eigenvalue weighted by Crippen LogP contribution is 2.26. The molecule has 0 spiro atoms. The summed E-state index contributed by atoms with van der Waals surface area (Å²) in [4.78, 5) is 19.4. The Bertz CT molecular complexity index is 1130. The Hall–Kier alpha value is -3.58. The number of anilines is 2. The van der Waals surface area contributed by atoms with E-state index < -0.39 is 0 Å². The van der Waals surface area contributed by atoms with Gasteiger partial charge in [-0.05, 0) is 66.6 Å². The molecule has 1 amide bonds. The molecule has 1 atom stereocenters. The smallest absolute Gasteiger partial charge is 0.258 e. The van der Waals surface area contributed by atoms with Gasteiger partial charge in [0.05, 0.1) is 6.04 Å². The molecule has 0 aromatic heterocycles. The van der Waals surface area contributed by atoms with E-state index in [4.69, 9.17) is 4.74 Å². The van der Waals surface area contributed by atoms with Crippen molar-refractivity contribution in [2.45, 2.75) is 13.0 Å². The number of hydrogen-bond donors (Lipinski definition) is 1. The van der Waals surface area contributed by atoms with Crippen LogP contribution in [0.4, 0.5) is 15.8 Å². The quantitative estimate of drug-likeness (QED) is 0.486. The maximum absolute atomic E-state index is 13.3. The third-order valence-electron chi connectivity index (χ3n) is 6.59. The predicted molar refractivity (Wildman–Crippen MR) is 143 cm³/mol. The predicted octanol–water partition coefficient (Wildman–Crippen LogP) is 4.26. The van der Waals surface area contributed by atoms with E-state index in [1.165, 1.54) is 12.1 Å². The molecule has 0 bridgehead atoms. The third kappa shape index (κ3) is 6.76. The lowest BCUT2D eigenvalue weighted by Gasteiger charge is -2.40. The van der Waals surface area contributed by atoms with Gasteiger partial charge in [-0.25, -0.2) is 4.39 Å². The molecule has 1 fully saturated rings. The molecule has 1 heterocycles. The van der Waals surface area contributed by atoms with Crippen molar-refractivity contribution < 1.29 is 13.9 Å². The number of benzene rings is 3. The number of piperazine rings is 1. The zero-order valence-corrected chi connectivity index (χ0v) is 21.3. The van der Waals surface area contributed by atoms with Crippen molar-refractivity contribution in [3.8, 4) is 5.75 Å². The summed E-state index contributed by atoms with van der Waals surface area (Å²) in [7, 11) is 4.05. The molecule has 6 nitrogen and oxygen atoms in total. The highest BCUT2D eigenvalue weighted by Gasteiger charge is 2.26. The number of rotatable bonds is 9. The molecular formula is C29H35FN4O2. The van der Waals surface area contributed by atoms with E-state index >= 15 is 0 Å². The maximum atomic E-state index is 13.3. The summed E-state index contributed by atoms with van der Waals surface area (Å²) in [6.07, 6.45) is 0. The van der Waals surface area contributed by atoms with E-state index in [0.29, 0.717) is 12.3 Å². The van der Waals surface area contributed by atoms with Crippen LogP contribution < -0.4 is 19.9 Å². The van der Waals surface area contributed by atoms with Crippen molar-refractivity contribution in [1.82, 2.24) is 10.2 Å². The Labute approximate surface area is 213 Å². The lowest BCUT2D eigenvalue weighted by atomic mass is 10.0. The van der Waals surface area contributed by atoms with Gasteiger partial charge in [0.1, 0.15) is 11.6 Å². The van der Waals surface area contributed by atoms with Gasteiger partial charge >= 0.3 is 0 Å². The summed E-state index contributed by atoms with van der Waals surface area (Å²) in [6, 6.07) is 22.9. The normalized spacial score (nSPS) is 14.8. The summed E-state index contributed by atoms with van der Waals surface area (Å²) < 4.78 is 19.0. The van der Waals surface area contributed by atoms with Crippen molar-refractivity contribution >= 4 is 17.3 Å². The van der Waals surface area contributed by atoms with E-state index in [1.54, 1.807) is 0 Å². The van der Waals surface area contributed by atoms with Crippen LogP contribution >= 0.6 is 0 Å². The number of hydrogen-bond acceptors (Lipinski definition) is 5. The third-order valence-corrected chi connectivity index (χ3v) is 6.59. The molecule has 1 aliphatic rings.